The third kappa shape index (κ3) is 3.94. The number of hydrogen-bond acceptors (Lipinski definition) is 4. The number of benzene rings is 1. The number of nitrogens with zero attached hydrogens (tertiary/aromatic N) is 3. The first kappa shape index (κ1) is 18.1. The van der Waals surface area contributed by atoms with E-state index < -0.39 is 5.91 Å². The number of aromatic nitrogens is 2. The molecule has 2 heterocycles. The van der Waals surface area contributed by atoms with Crippen LogP contribution in [0.2, 0.25) is 0 Å². The van der Waals surface area contributed by atoms with E-state index in [2.05, 4.69) is 10.4 Å². The summed E-state index contributed by atoms with van der Waals surface area (Å²) < 4.78 is 1.75. The third-order valence-corrected chi connectivity index (χ3v) is 4.85. The van der Waals surface area contributed by atoms with E-state index in [1.54, 1.807) is 9.58 Å². The number of anilines is 1. The molecule has 1 aliphatic heterocycles. The van der Waals surface area contributed by atoms with Crippen molar-refractivity contribution in [2.75, 3.05) is 24.5 Å². The highest BCUT2D eigenvalue weighted by atomic mass is 16.2. The molecule has 0 saturated carbocycles. The van der Waals surface area contributed by atoms with Gasteiger partial charge in [-0.25, -0.2) is 0 Å². The van der Waals surface area contributed by atoms with Crippen LogP contribution in [0.4, 0.5) is 5.69 Å². The van der Waals surface area contributed by atoms with Gasteiger partial charge < -0.3 is 16.0 Å². The molecule has 1 fully saturated rings. The highest BCUT2D eigenvalue weighted by Crippen LogP contribution is 2.31. The van der Waals surface area contributed by atoms with E-state index in [1.807, 2.05) is 50.6 Å². The van der Waals surface area contributed by atoms with E-state index in [0.717, 1.165) is 23.4 Å². The van der Waals surface area contributed by atoms with Gasteiger partial charge in [-0.1, -0.05) is 12.1 Å². The second kappa shape index (κ2) is 7.70. The second-order valence-electron chi connectivity index (χ2n) is 6.86. The Morgan fingerprint density at radius 2 is 2.19 bits per heavy atom. The lowest BCUT2D eigenvalue weighted by Crippen LogP contribution is -2.40. The number of carbonyl (C=O) groups excluding carboxylic acids is 2. The van der Waals surface area contributed by atoms with Crippen molar-refractivity contribution in [3.63, 3.8) is 0 Å². The highest BCUT2D eigenvalue weighted by molar-refractivity contribution is 5.96. The monoisotopic (exact) mass is 355 g/mol. The van der Waals surface area contributed by atoms with Crippen molar-refractivity contribution in [2.24, 2.45) is 18.7 Å². The molecule has 0 unspecified atom stereocenters. The van der Waals surface area contributed by atoms with Gasteiger partial charge in [0.25, 0.3) is 0 Å². The number of rotatable bonds is 6. The summed E-state index contributed by atoms with van der Waals surface area (Å²) in [6.45, 7) is 3.61. The molecule has 138 valence electrons. The summed E-state index contributed by atoms with van der Waals surface area (Å²) in [5.74, 6) is -0.538. The molecule has 1 aromatic heterocycles. The largest absolute Gasteiger partial charge is 0.370 e. The van der Waals surface area contributed by atoms with Crippen LogP contribution < -0.4 is 16.0 Å². The summed E-state index contributed by atoms with van der Waals surface area (Å²) >= 11 is 0. The van der Waals surface area contributed by atoms with E-state index in [4.69, 9.17) is 5.73 Å². The Kier molecular flexibility index (Phi) is 5.37. The van der Waals surface area contributed by atoms with Crippen molar-refractivity contribution < 1.29 is 9.59 Å². The molecular formula is C19H25N5O2. The van der Waals surface area contributed by atoms with Crippen LogP contribution in [0.15, 0.2) is 36.7 Å². The molecule has 2 aromatic rings. The lowest BCUT2D eigenvalue weighted by molar-refractivity contribution is -0.122. The quantitative estimate of drug-likeness (QED) is 0.806. The Labute approximate surface area is 153 Å². The maximum absolute atomic E-state index is 13.4. The number of primary amides is 1. The number of hydrogen-bond donors (Lipinski definition) is 2. The first-order valence-corrected chi connectivity index (χ1v) is 8.81. The molecule has 3 N–H and O–H groups in total. The molecule has 0 spiro atoms. The molecule has 7 nitrogen and oxygen atoms in total. The van der Waals surface area contributed by atoms with Crippen LogP contribution in [0, 0.1) is 12.8 Å². The second-order valence-corrected chi connectivity index (χ2v) is 6.86. The van der Waals surface area contributed by atoms with Crippen LogP contribution in [-0.4, -0.2) is 41.2 Å². The molecule has 2 atom stereocenters. The number of nitrogens with one attached hydrogen (secondary N) is 1. The van der Waals surface area contributed by atoms with Crippen LogP contribution >= 0.6 is 0 Å². The van der Waals surface area contributed by atoms with Gasteiger partial charge in [-0.05, 0) is 30.2 Å². The fourth-order valence-electron chi connectivity index (χ4n) is 3.50. The lowest BCUT2D eigenvalue weighted by Gasteiger charge is -2.28. The molecule has 1 aliphatic rings. The SMILES string of the molecule is Cc1cccc(N(CCC(N)=O)C(=O)[C@H]2CNC[C@@H]2c2cnn(C)c2)c1. The van der Waals surface area contributed by atoms with Crippen molar-refractivity contribution in [1.29, 1.82) is 0 Å². The molecule has 1 aromatic carbocycles. The first-order chi connectivity index (χ1) is 12.5. The van der Waals surface area contributed by atoms with Crippen molar-refractivity contribution in [2.45, 2.75) is 19.3 Å². The lowest BCUT2D eigenvalue weighted by atomic mass is 9.89. The van der Waals surface area contributed by atoms with E-state index >= 15 is 0 Å². The summed E-state index contributed by atoms with van der Waals surface area (Å²) in [6, 6.07) is 7.75. The summed E-state index contributed by atoms with van der Waals surface area (Å²) in [7, 11) is 1.87. The van der Waals surface area contributed by atoms with Gasteiger partial charge in [0.15, 0.2) is 0 Å². The van der Waals surface area contributed by atoms with Gasteiger partial charge in [0.05, 0.1) is 12.1 Å². The Balaban J connectivity index is 1.87. The summed E-state index contributed by atoms with van der Waals surface area (Å²) in [4.78, 5) is 26.4. The van der Waals surface area contributed by atoms with Gasteiger partial charge in [0.1, 0.15) is 0 Å². The zero-order valence-corrected chi connectivity index (χ0v) is 15.2. The smallest absolute Gasteiger partial charge is 0.232 e. The minimum Gasteiger partial charge on any atom is -0.370 e. The van der Waals surface area contributed by atoms with Gasteiger partial charge >= 0.3 is 0 Å². The Morgan fingerprint density at radius 1 is 1.38 bits per heavy atom. The van der Waals surface area contributed by atoms with E-state index in [0.29, 0.717) is 6.54 Å². The standard InChI is InChI=1S/C19H25N5O2/c1-13-4-3-5-15(8-13)24(7-6-18(20)25)19(26)17-11-21-10-16(17)14-9-22-23(2)12-14/h3-5,8-9,12,16-17,21H,6-7,10-11H2,1-2H3,(H2,20,25)/t16-,17+/m1/s1. The molecular weight excluding hydrogens is 330 g/mol. The zero-order valence-electron chi connectivity index (χ0n) is 15.2. The van der Waals surface area contributed by atoms with Crippen LogP contribution in [-0.2, 0) is 16.6 Å². The Morgan fingerprint density at radius 3 is 2.85 bits per heavy atom. The first-order valence-electron chi connectivity index (χ1n) is 8.81. The maximum Gasteiger partial charge on any atom is 0.232 e. The van der Waals surface area contributed by atoms with Crippen LogP contribution in [0.5, 0.6) is 0 Å². The Hall–Kier alpha value is -2.67. The van der Waals surface area contributed by atoms with Crippen LogP contribution in [0.25, 0.3) is 0 Å². The van der Waals surface area contributed by atoms with E-state index in [-0.39, 0.29) is 30.7 Å². The molecule has 0 bridgehead atoms. The molecule has 3 rings (SSSR count). The van der Waals surface area contributed by atoms with Crippen molar-refractivity contribution in [3.05, 3.63) is 47.8 Å². The van der Waals surface area contributed by atoms with E-state index in [1.165, 1.54) is 0 Å². The fraction of sp³-hybridized carbons (Fsp3) is 0.421. The van der Waals surface area contributed by atoms with Gasteiger partial charge in [0, 0.05) is 50.9 Å². The molecule has 26 heavy (non-hydrogen) atoms. The number of aryl methyl sites for hydroxylation is 2. The average molecular weight is 355 g/mol. The van der Waals surface area contributed by atoms with Gasteiger partial charge in [0.2, 0.25) is 11.8 Å². The maximum atomic E-state index is 13.4. The zero-order chi connectivity index (χ0) is 18.7. The van der Waals surface area contributed by atoms with Crippen molar-refractivity contribution in [3.8, 4) is 0 Å². The predicted molar refractivity (Wildman–Crippen MR) is 99.7 cm³/mol. The Bertz CT molecular complexity index is 801. The van der Waals surface area contributed by atoms with Crippen LogP contribution in [0.1, 0.15) is 23.5 Å². The highest BCUT2D eigenvalue weighted by Gasteiger charge is 2.37. The van der Waals surface area contributed by atoms with Gasteiger partial charge in [-0.15, -0.1) is 0 Å². The van der Waals surface area contributed by atoms with Crippen LogP contribution in [0.3, 0.4) is 0 Å². The normalized spacial score (nSPS) is 19.5. The average Bonchev–Trinajstić information content (AvgIpc) is 3.23. The van der Waals surface area contributed by atoms with E-state index in [9.17, 15) is 9.59 Å². The summed E-state index contributed by atoms with van der Waals surface area (Å²) in [6.07, 6.45) is 3.91. The minimum absolute atomic E-state index is 0.00991. The molecule has 0 radical (unpaired) electrons. The predicted octanol–water partition coefficient (Wildman–Crippen LogP) is 0.940. The summed E-state index contributed by atoms with van der Waals surface area (Å²) in [5.41, 5.74) is 8.24. The molecule has 1 saturated heterocycles. The fourth-order valence-corrected chi connectivity index (χ4v) is 3.50. The third-order valence-electron chi connectivity index (χ3n) is 4.85. The van der Waals surface area contributed by atoms with Crippen molar-refractivity contribution >= 4 is 17.5 Å². The number of carbonyl (C=O) groups is 2. The van der Waals surface area contributed by atoms with Gasteiger partial charge in [-0.2, -0.15) is 5.10 Å². The number of nitrogens with two attached hydrogens (primary N) is 1. The summed E-state index contributed by atoms with van der Waals surface area (Å²) in [5, 5.41) is 7.55. The molecule has 7 heteroatoms. The molecule has 2 amide bonds. The topological polar surface area (TPSA) is 93.2 Å². The number of amides is 2. The van der Waals surface area contributed by atoms with Crippen molar-refractivity contribution in [1.82, 2.24) is 15.1 Å². The minimum atomic E-state index is -0.413. The molecule has 0 aliphatic carbocycles. The van der Waals surface area contributed by atoms with Gasteiger partial charge in [-0.3, -0.25) is 14.3 Å².